The minimum atomic E-state index is 0.113. The van der Waals surface area contributed by atoms with E-state index in [-0.39, 0.29) is 5.91 Å². The normalized spacial score (nSPS) is 18.1. The molecule has 2 N–H and O–H groups in total. The molecule has 110 valence electrons. The summed E-state index contributed by atoms with van der Waals surface area (Å²) in [5.41, 5.74) is 2.05. The number of methoxy groups -OCH3 is 1. The van der Waals surface area contributed by atoms with Crippen LogP contribution in [0.4, 0.5) is 5.69 Å². The number of ether oxygens (including phenoxy) is 1. The number of amides is 1. The summed E-state index contributed by atoms with van der Waals surface area (Å²) >= 11 is 0. The molecular weight excluding hydrogens is 252 g/mol. The minimum Gasteiger partial charge on any atom is -0.384 e. The highest BCUT2D eigenvalue weighted by atomic mass is 16.5. The Morgan fingerprint density at radius 1 is 1.45 bits per heavy atom. The largest absolute Gasteiger partial charge is 0.384 e. The van der Waals surface area contributed by atoms with E-state index >= 15 is 0 Å². The van der Waals surface area contributed by atoms with Crippen LogP contribution >= 0.6 is 0 Å². The molecule has 4 heteroatoms. The fraction of sp³-hybridized carbons (Fsp3) is 0.562. The van der Waals surface area contributed by atoms with Gasteiger partial charge in [0.15, 0.2) is 0 Å². The van der Waals surface area contributed by atoms with E-state index in [0.29, 0.717) is 18.9 Å². The second-order valence-corrected chi connectivity index (χ2v) is 5.35. The molecule has 20 heavy (non-hydrogen) atoms. The molecule has 1 atom stereocenters. The van der Waals surface area contributed by atoms with Gasteiger partial charge in [0.2, 0.25) is 5.91 Å². The Morgan fingerprint density at radius 3 is 3.05 bits per heavy atom. The lowest BCUT2D eigenvalue weighted by atomic mass is 10.0. The zero-order chi connectivity index (χ0) is 14.2. The zero-order valence-corrected chi connectivity index (χ0v) is 12.2. The van der Waals surface area contributed by atoms with Crippen molar-refractivity contribution in [3.63, 3.8) is 0 Å². The van der Waals surface area contributed by atoms with Gasteiger partial charge in [-0.2, -0.15) is 0 Å². The first-order chi connectivity index (χ1) is 9.79. The Bertz CT molecular complexity index is 428. The topological polar surface area (TPSA) is 50.4 Å². The average Bonchev–Trinajstić information content (AvgIpc) is 2.97. The molecule has 1 aromatic carbocycles. The van der Waals surface area contributed by atoms with Crippen LogP contribution in [0.15, 0.2) is 24.3 Å². The molecule has 1 aliphatic rings. The summed E-state index contributed by atoms with van der Waals surface area (Å²) in [6.45, 7) is 2.81. The second-order valence-electron chi connectivity index (χ2n) is 5.35. The molecule has 0 aliphatic carbocycles. The molecular formula is C16H24N2O2. The summed E-state index contributed by atoms with van der Waals surface area (Å²) in [6.07, 6.45) is 3.58. The maximum atomic E-state index is 12.0. The first-order valence-electron chi connectivity index (χ1n) is 7.37. The van der Waals surface area contributed by atoms with Gasteiger partial charge < -0.3 is 15.4 Å². The number of hydrogen-bond acceptors (Lipinski definition) is 3. The van der Waals surface area contributed by atoms with Gasteiger partial charge in [-0.25, -0.2) is 0 Å². The molecule has 0 bridgehead atoms. The third kappa shape index (κ3) is 4.62. The van der Waals surface area contributed by atoms with E-state index in [9.17, 15) is 4.79 Å². The van der Waals surface area contributed by atoms with Crippen molar-refractivity contribution in [3.05, 3.63) is 29.8 Å². The van der Waals surface area contributed by atoms with Gasteiger partial charge >= 0.3 is 0 Å². The summed E-state index contributed by atoms with van der Waals surface area (Å²) in [6, 6.07) is 7.94. The lowest BCUT2D eigenvalue weighted by Gasteiger charge is -2.12. The van der Waals surface area contributed by atoms with Crippen LogP contribution in [0.2, 0.25) is 0 Å². The smallest absolute Gasteiger partial charge is 0.224 e. The fourth-order valence-corrected chi connectivity index (χ4v) is 2.58. The third-order valence-electron chi connectivity index (χ3n) is 3.81. The summed E-state index contributed by atoms with van der Waals surface area (Å²) in [5.74, 6) is 0.770. The van der Waals surface area contributed by atoms with Gasteiger partial charge in [-0.05, 0) is 49.9 Å². The first-order valence-corrected chi connectivity index (χ1v) is 7.37. The highest BCUT2D eigenvalue weighted by Gasteiger charge is 2.16. The monoisotopic (exact) mass is 276 g/mol. The van der Waals surface area contributed by atoms with E-state index in [1.165, 1.54) is 6.42 Å². The number of benzene rings is 1. The third-order valence-corrected chi connectivity index (χ3v) is 3.81. The van der Waals surface area contributed by atoms with Gasteiger partial charge in [0.1, 0.15) is 0 Å². The van der Waals surface area contributed by atoms with E-state index in [1.807, 2.05) is 24.3 Å². The number of nitrogens with one attached hydrogen (secondary N) is 2. The molecule has 1 saturated heterocycles. The predicted molar refractivity (Wildman–Crippen MR) is 80.9 cm³/mol. The summed E-state index contributed by atoms with van der Waals surface area (Å²) < 4.78 is 5.10. The molecule has 1 unspecified atom stereocenters. The number of para-hydroxylation sites is 1. The van der Waals surface area contributed by atoms with Gasteiger partial charge in [0, 0.05) is 19.2 Å². The molecule has 0 radical (unpaired) electrons. The van der Waals surface area contributed by atoms with Gasteiger partial charge in [-0.1, -0.05) is 18.2 Å². The van der Waals surface area contributed by atoms with Crippen LogP contribution in [0.5, 0.6) is 0 Å². The van der Waals surface area contributed by atoms with Crippen molar-refractivity contribution >= 4 is 11.6 Å². The van der Waals surface area contributed by atoms with Crippen LogP contribution in [-0.2, 0) is 16.0 Å². The number of hydrogen-bond donors (Lipinski definition) is 2. The molecule has 1 fully saturated rings. The summed E-state index contributed by atoms with van der Waals surface area (Å²) in [4.78, 5) is 12.0. The van der Waals surface area contributed by atoms with Crippen molar-refractivity contribution < 1.29 is 9.53 Å². The molecule has 1 aliphatic heterocycles. The van der Waals surface area contributed by atoms with Crippen LogP contribution in [0.3, 0.4) is 0 Å². The van der Waals surface area contributed by atoms with Gasteiger partial charge in [0.25, 0.3) is 0 Å². The van der Waals surface area contributed by atoms with E-state index in [1.54, 1.807) is 7.11 Å². The Morgan fingerprint density at radius 2 is 2.30 bits per heavy atom. The van der Waals surface area contributed by atoms with E-state index in [0.717, 1.165) is 37.2 Å². The van der Waals surface area contributed by atoms with Gasteiger partial charge in [0.05, 0.1) is 6.61 Å². The van der Waals surface area contributed by atoms with E-state index in [4.69, 9.17) is 4.74 Å². The Kier molecular flexibility index (Phi) is 6.02. The van der Waals surface area contributed by atoms with Crippen LogP contribution in [0.25, 0.3) is 0 Å². The predicted octanol–water partition coefficient (Wildman–Crippen LogP) is 2.20. The molecule has 2 rings (SSSR count). The fourth-order valence-electron chi connectivity index (χ4n) is 2.58. The Labute approximate surface area is 120 Å². The van der Waals surface area contributed by atoms with Crippen molar-refractivity contribution in [3.8, 4) is 0 Å². The molecule has 4 nitrogen and oxygen atoms in total. The lowest BCUT2D eigenvalue weighted by molar-refractivity contribution is -0.116. The van der Waals surface area contributed by atoms with Crippen LogP contribution in [0.1, 0.15) is 24.8 Å². The number of anilines is 1. The zero-order valence-electron chi connectivity index (χ0n) is 12.2. The Hall–Kier alpha value is -1.39. The Balaban J connectivity index is 1.83. The van der Waals surface area contributed by atoms with Crippen molar-refractivity contribution in [2.75, 3.05) is 32.1 Å². The van der Waals surface area contributed by atoms with Gasteiger partial charge in [-0.3, -0.25) is 4.79 Å². The van der Waals surface area contributed by atoms with Crippen LogP contribution < -0.4 is 10.6 Å². The van der Waals surface area contributed by atoms with E-state index in [2.05, 4.69) is 10.6 Å². The molecule has 0 spiro atoms. The number of carbonyl (C=O) groups is 1. The lowest BCUT2D eigenvalue weighted by Crippen LogP contribution is -2.16. The van der Waals surface area contributed by atoms with Crippen LogP contribution in [0, 0.1) is 5.92 Å². The summed E-state index contributed by atoms with van der Waals surface area (Å²) in [5, 5.41) is 6.36. The number of carbonyl (C=O) groups excluding carboxylic acids is 1. The van der Waals surface area contributed by atoms with Crippen molar-refractivity contribution in [1.82, 2.24) is 5.32 Å². The maximum absolute atomic E-state index is 12.0. The molecule has 1 amide bonds. The van der Waals surface area contributed by atoms with E-state index < -0.39 is 0 Å². The highest BCUT2D eigenvalue weighted by molar-refractivity contribution is 5.91. The molecule has 1 aromatic rings. The first kappa shape index (κ1) is 15.0. The van der Waals surface area contributed by atoms with Crippen LogP contribution in [-0.4, -0.2) is 32.7 Å². The summed E-state index contributed by atoms with van der Waals surface area (Å²) in [7, 11) is 1.69. The second kappa shape index (κ2) is 8.02. The van der Waals surface area contributed by atoms with Gasteiger partial charge in [-0.15, -0.1) is 0 Å². The quantitative estimate of drug-likeness (QED) is 0.802. The standard InChI is InChI=1S/C16H24N2O2/c1-20-11-9-14-4-2-3-5-15(14)18-16(19)7-6-13-8-10-17-12-13/h2-5,13,17H,6-12H2,1H3,(H,18,19). The van der Waals surface area contributed by atoms with Crippen molar-refractivity contribution in [2.45, 2.75) is 25.7 Å². The van der Waals surface area contributed by atoms with Crippen molar-refractivity contribution in [2.24, 2.45) is 5.92 Å². The molecule has 0 aromatic heterocycles. The highest BCUT2D eigenvalue weighted by Crippen LogP contribution is 2.18. The minimum absolute atomic E-state index is 0.113. The van der Waals surface area contributed by atoms with Crippen molar-refractivity contribution in [1.29, 1.82) is 0 Å². The SMILES string of the molecule is COCCc1ccccc1NC(=O)CCC1CCNC1. The molecule has 0 saturated carbocycles. The number of rotatable bonds is 7. The average molecular weight is 276 g/mol. The molecule has 1 heterocycles. The maximum Gasteiger partial charge on any atom is 0.224 e.